The lowest BCUT2D eigenvalue weighted by Crippen LogP contribution is -2.42. The van der Waals surface area contributed by atoms with Crippen molar-refractivity contribution in [2.75, 3.05) is 37.0 Å². The van der Waals surface area contributed by atoms with Crippen molar-refractivity contribution in [3.8, 4) is 0 Å². The van der Waals surface area contributed by atoms with Gasteiger partial charge in [0.05, 0.1) is 10.6 Å². The number of likely N-dealkylation sites (tertiary alicyclic amines) is 1. The number of carbonyl (C=O) groups is 1. The maximum Gasteiger partial charge on any atom is 0.264 e. The van der Waals surface area contributed by atoms with Crippen molar-refractivity contribution in [3.63, 3.8) is 0 Å². The number of piperidine rings is 1. The summed E-state index contributed by atoms with van der Waals surface area (Å²) in [5.41, 5.74) is 2.48. The summed E-state index contributed by atoms with van der Waals surface area (Å²) in [7, 11) is -3.94. The average molecular weight is 492 g/mol. The van der Waals surface area contributed by atoms with Crippen LogP contribution >= 0.6 is 11.6 Å². The molecule has 1 N–H and O–H groups in total. The second kappa shape index (κ2) is 11.4. The SMILES string of the molecule is Cc1ccc(N(CC(=O)NCCCN2CCC(C)CC2)S(=O)(=O)c2ccc(Cl)cc2)cc1C. The first-order valence-electron chi connectivity index (χ1n) is 11.5. The van der Waals surface area contributed by atoms with Crippen molar-refractivity contribution in [1.82, 2.24) is 10.2 Å². The second-order valence-electron chi connectivity index (χ2n) is 8.96. The molecule has 0 radical (unpaired) electrons. The summed E-state index contributed by atoms with van der Waals surface area (Å²) < 4.78 is 28.0. The highest BCUT2D eigenvalue weighted by Crippen LogP contribution is 2.26. The first kappa shape index (κ1) is 25.5. The van der Waals surface area contributed by atoms with Gasteiger partial charge in [-0.15, -0.1) is 0 Å². The number of rotatable bonds is 9. The van der Waals surface area contributed by atoms with Crippen molar-refractivity contribution in [1.29, 1.82) is 0 Å². The second-order valence-corrected chi connectivity index (χ2v) is 11.3. The average Bonchev–Trinajstić information content (AvgIpc) is 2.78. The van der Waals surface area contributed by atoms with E-state index in [0.29, 0.717) is 17.3 Å². The van der Waals surface area contributed by atoms with Gasteiger partial charge in [-0.05, 0) is 106 Å². The first-order valence-corrected chi connectivity index (χ1v) is 13.3. The number of hydrogen-bond donors (Lipinski definition) is 1. The molecule has 0 aromatic heterocycles. The van der Waals surface area contributed by atoms with E-state index in [9.17, 15) is 13.2 Å². The van der Waals surface area contributed by atoms with Gasteiger partial charge in [-0.25, -0.2) is 8.42 Å². The molecule has 2 aromatic carbocycles. The number of aryl methyl sites for hydroxylation is 2. The molecule has 0 unspecified atom stereocenters. The Balaban J connectivity index is 1.68. The third kappa shape index (κ3) is 6.95. The number of carbonyl (C=O) groups excluding carboxylic acids is 1. The molecule has 0 saturated carbocycles. The highest BCUT2D eigenvalue weighted by molar-refractivity contribution is 7.92. The largest absolute Gasteiger partial charge is 0.354 e. The smallest absolute Gasteiger partial charge is 0.264 e. The molecule has 8 heteroatoms. The summed E-state index contributed by atoms with van der Waals surface area (Å²) in [4.78, 5) is 15.3. The Kier molecular flexibility index (Phi) is 8.79. The van der Waals surface area contributed by atoms with Crippen molar-refractivity contribution in [2.24, 2.45) is 5.92 Å². The molecule has 180 valence electrons. The van der Waals surface area contributed by atoms with Gasteiger partial charge in [0.1, 0.15) is 6.54 Å². The van der Waals surface area contributed by atoms with Crippen molar-refractivity contribution >= 4 is 33.2 Å². The minimum absolute atomic E-state index is 0.0947. The molecule has 1 aliphatic rings. The Hall–Kier alpha value is -2.09. The number of sulfonamides is 1. The molecule has 0 atom stereocenters. The number of anilines is 1. The molecule has 1 saturated heterocycles. The molecule has 33 heavy (non-hydrogen) atoms. The van der Waals surface area contributed by atoms with Crippen molar-refractivity contribution in [3.05, 3.63) is 58.6 Å². The van der Waals surface area contributed by atoms with Crippen LogP contribution in [0.4, 0.5) is 5.69 Å². The van der Waals surface area contributed by atoms with Crippen LogP contribution in [0.1, 0.15) is 37.3 Å². The van der Waals surface area contributed by atoms with Gasteiger partial charge < -0.3 is 10.2 Å². The predicted octanol–water partition coefficient (Wildman–Crippen LogP) is 4.39. The zero-order valence-electron chi connectivity index (χ0n) is 19.7. The van der Waals surface area contributed by atoms with Gasteiger partial charge in [-0.3, -0.25) is 9.10 Å². The molecule has 1 aliphatic heterocycles. The molecule has 0 spiro atoms. The van der Waals surface area contributed by atoms with E-state index in [1.165, 1.54) is 41.4 Å². The number of halogens is 1. The highest BCUT2D eigenvalue weighted by atomic mass is 35.5. The molecule has 0 aliphatic carbocycles. The van der Waals surface area contributed by atoms with E-state index >= 15 is 0 Å². The van der Waals surface area contributed by atoms with Gasteiger partial charge in [0.2, 0.25) is 5.91 Å². The zero-order chi connectivity index (χ0) is 24.0. The molecular weight excluding hydrogens is 458 g/mol. The monoisotopic (exact) mass is 491 g/mol. The van der Waals surface area contributed by atoms with E-state index in [4.69, 9.17) is 11.6 Å². The molecule has 3 rings (SSSR count). The quantitative estimate of drug-likeness (QED) is 0.528. The van der Waals surface area contributed by atoms with Crippen LogP contribution in [0.3, 0.4) is 0 Å². The van der Waals surface area contributed by atoms with E-state index in [2.05, 4.69) is 17.1 Å². The van der Waals surface area contributed by atoms with E-state index in [1.807, 2.05) is 19.9 Å². The van der Waals surface area contributed by atoms with Crippen molar-refractivity contribution in [2.45, 2.75) is 44.9 Å². The minimum Gasteiger partial charge on any atom is -0.354 e. The minimum atomic E-state index is -3.94. The Labute approximate surface area is 203 Å². The fourth-order valence-electron chi connectivity index (χ4n) is 3.93. The van der Waals surface area contributed by atoms with Crippen LogP contribution in [0.2, 0.25) is 5.02 Å². The fourth-order valence-corrected chi connectivity index (χ4v) is 5.47. The van der Waals surface area contributed by atoms with E-state index in [0.717, 1.165) is 43.1 Å². The van der Waals surface area contributed by atoms with Crippen LogP contribution in [-0.4, -0.2) is 51.9 Å². The standard InChI is InChI=1S/C25H34ClN3O3S/c1-19-11-15-28(16-12-19)14-4-13-27-25(30)18-29(23-8-5-20(2)21(3)17-23)33(31,32)24-9-6-22(26)7-10-24/h5-10,17,19H,4,11-16,18H2,1-3H3,(H,27,30). The van der Waals surface area contributed by atoms with Gasteiger partial charge in [0, 0.05) is 11.6 Å². The first-order chi connectivity index (χ1) is 15.7. The van der Waals surface area contributed by atoms with Crippen LogP contribution in [0.25, 0.3) is 0 Å². The fraction of sp³-hybridized carbons (Fsp3) is 0.480. The normalized spacial score (nSPS) is 15.4. The van der Waals surface area contributed by atoms with Gasteiger partial charge in [0.25, 0.3) is 10.0 Å². The highest BCUT2D eigenvalue weighted by Gasteiger charge is 2.27. The van der Waals surface area contributed by atoms with Gasteiger partial charge in [0.15, 0.2) is 0 Å². The topological polar surface area (TPSA) is 69.7 Å². The Morgan fingerprint density at radius 2 is 1.76 bits per heavy atom. The Morgan fingerprint density at radius 3 is 2.39 bits per heavy atom. The molecule has 0 bridgehead atoms. The molecule has 6 nitrogen and oxygen atoms in total. The molecule has 1 amide bonds. The summed E-state index contributed by atoms with van der Waals surface area (Å²) in [6.45, 7) is 9.57. The van der Waals surface area contributed by atoms with Gasteiger partial charge >= 0.3 is 0 Å². The maximum absolute atomic E-state index is 13.4. The maximum atomic E-state index is 13.4. The van der Waals surface area contributed by atoms with E-state index in [1.54, 1.807) is 12.1 Å². The zero-order valence-corrected chi connectivity index (χ0v) is 21.3. The van der Waals surface area contributed by atoms with Gasteiger partial charge in [-0.2, -0.15) is 0 Å². The van der Waals surface area contributed by atoms with Crippen LogP contribution in [0.15, 0.2) is 47.4 Å². The summed E-state index contributed by atoms with van der Waals surface area (Å²) in [5, 5.41) is 3.35. The molecule has 2 aromatic rings. The summed E-state index contributed by atoms with van der Waals surface area (Å²) >= 11 is 5.94. The molecular formula is C25H34ClN3O3S. The third-order valence-electron chi connectivity index (χ3n) is 6.32. The number of hydrogen-bond acceptors (Lipinski definition) is 4. The summed E-state index contributed by atoms with van der Waals surface area (Å²) in [5.74, 6) is 0.470. The predicted molar refractivity (Wildman–Crippen MR) is 134 cm³/mol. The Morgan fingerprint density at radius 1 is 1.09 bits per heavy atom. The molecule has 1 heterocycles. The van der Waals surface area contributed by atoms with Gasteiger partial charge in [-0.1, -0.05) is 24.6 Å². The number of benzene rings is 2. The van der Waals surface area contributed by atoms with E-state index < -0.39 is 10.0 Å². The van der Waals surface area contributed by atoms with Crippen LogP contribution in [0.5, 0.6) is 0 Å². The number of nitrogens with zero attached hydrogens (tertiary/aromatic N) is 2. The van der Waals surface area contributed by atoms with E-state index in [-0.39, 0.29) is 17.3 Å². The van der Waals surface area contributed by atoms with Crippen LogP contribution in [0, 0.1) is 19.8 Å². The molecule has 1 fully saturated rings. The number of nitrogens with one attached hydrogen (secondary N) is 1. The summed E-state index contributed by atoms with van der Waals surface area (Å²) in [6, 6.07) is 11.4. The third-order valence-corrected chi connectivity index (χ3v) is 8.36. The Bertz CT molecular complexity index is 1050. The number of amides is 1. The summed E-state index contributed by atoms with van der Waals surface area (Å²) in [6.07, 6.45) is 3.29. The van der Waals surface area contributed by atoms with Crippen LogP contribution in [-0.2, 0) is 14.8 Å². The van der Waals surface area contributed by atoms with Crippen LogP contribution < -0.4 is 9.62 Å². The van der Waals surface area contributed by atoms with Crippen molar-refractivity contribution < 1.29 is 13.2 Å². The lowest BCUT2D eigenvalue weighted by molar-refractivity contribution is -0.119. The lowest BCUT2D eigenvalue weighted by atomic mass is 9.99. The lowest BCUT2D eigenvalue weighted by Gasteiger charge is -2.30.